The second-order valence-electron chi connectivity index (χ2n) is 4.10. The number of methoxy groups -OCH3 is 1. The molecule has 1 aromatic carbocycles. The maximum atomic E-state index is 5.68. The fraction of sp³-hybridized carbons (Fsp3) is 0.308. The summed E-state index contributed by atoms with van der Waals surface area (Å²) in [5.74, 6) is 6.54. The number of hydrazine groups is 1. The minimum atomic E-state index is -0.0258. The topological polar surface area (TPSA) is 60.2 Å². The molecule has 2 aromatic rings. The van der Waals surface area contributed by atoms with Crippen LogP contribution in [0.15, 0.2) is 24.4 Å². The molecular weight excluding hydrogens is 246 g/mol. The molecule has 18 heavy (non-hydrogen) atoms. The van der Waals surface area contributed by atoms with Gasteiger partial charge in [-0.05, 0) is 37.1 Å². The molecule has 2 rings (SSSR count). The number of aryl methyl sites for hydroxylation is 2. The number of nitrogens with zero attached hydrogens (tertiary/aromatic N) is 1. The van der Waals surface area contributed by atoms with Gasteiger partial charge in [-0.1, -0.05) is 6.07 Å². The highest BCUT2D eigenvalue weighted by Gasteiger charge is 2.17. The van der Waals surface area contributed by atoms with Crippen molar-refractivity contribution in [3.8, 4) is 5.75 Å². The van der Waals surface area contributed by atoms with Crippen LogP contribution in [0.4, 0.5) is 0 Å². The number of nitrogens with one attached hydrogen (secondary N) is 1. The van der Waals surface area contributed by atoms with Gasteiger partial charge in [-0.25, -0.2) is 10.4 Å². The van der Waals surface area contributed by atoms with E-state index in [1.54, 1.807) is 18.4 Å². The molecule has 0 aliphatic heterocycles. The lowest BCUT2D eigenvalue weighted by atomic mass is 10.0. The summed E-state index contributed by atoms with van der Waals surface area (Å²) in [4.78, 5) is 5.39. The Labute approximate surface area is 111 Å². The van der Waals surface area contributed by atoms with Crippen molar-refractivity contribution >= 4 is 11.3 Å². The number of benzene rings is 1. The van der Waals surface area contributed by atoms with Crippen LogP contribution in [0.25, 0.3) is 0 Å². The Morgan fingerprint density at radius 3 is 2.67 bits per heavy atom. The van der Waals surface area contributed by atoms with Crippen LogP contribution in [0.2, 0.25) is 0 Å². The second-order valence-corrected chi connectivity index (χ2v) is 5.37. The summed E-state index contributed by atoms with van der Waals surface area (Å²) in [6, 6.07) is 5.96. The molecule has 96 valence electrons. The molecule has 0 saturated heterocycles. The van der Waals surface area contributed by atoms with E-state index in [1.807, 2.05) is 31.3 Å². The number of ether oxygens (including phenoxy) is 1. The molecule has 1 aromatic heterocycles. The monoisotopic (exact) mass is 263 g/mol. The van der Waals surface area contributed by atoms with Gasteiger partial charge in [0.25, 0.3) is 0 Å². The minimum absolute atomic E-state index is 0.0258. The average molecular weight is 263 g/mol. The number of hydrogen-bond acceptors (Lipinski definition) is 5. The molecule has 0 aliphatic rings. The van der Waals surface area contributed by atoms with Gasteiger partial charge < -0.3 is 4.74 Å². The zero-order chi connectivity index (χ0) is 13.1. The molecular formula is C13H17N3OS. The summed E-state index contributed by atoms with van der Waals surface area (Å²) in [7, 11) is 1.67. The molecule has 3 N–H and O–H groups in total. The van der Waals surface area contributed by atoms with Crippen molar-refractivity contribution in [1.82, 2.24) is 10.4 Å². The zero-order valence-electron chi connectivity index (χ0n) is 10.7. The molecule has 1 unspecified atom stereocenters. The molecule has 0 amide bonds. The summed E-state index contributed by atoms with van der Waals surface area (Å²) in [5.41, 5.74) is 5.14. The second kappa shape index (κ2) is 5.48. The van der Waals surface area contributed by atoms with E-state index in [-0.39, 0.29) is 6.04 Å². The summed E-state index contributed by atoms with van der Waals surface area (Å²) in [5, 5.41) is 1.04. The predicted molar refractivity (Wildman–Crippen MR) is 73.7 cm³/mol. The minimum Gasteiger partial charge on any atom is -0.497 e. The van der Waals surface area contributed by atoms with E-state index in [4.69, 9.17) is 10.6 Å². The van der Waals surface area contributed by atoms with E-state index in [0.717, 1.165) is 26.8 Å². The molecule has 0 fully saturated rings. The van der Waals surface area contributed by atoms with Gasteiger partial charge in [0.2, 0.25) is 0 Å². The number of aromatic nitrogens is 1. The normalized spacial score (nSPS) is 12.4. The first-order chi connectivity index (χ1) is 8.65. The Balaban J connectivity index is 2.39. The fourth-order valence-electron chi connectivity index (χ4n) is 1.94. The van der Waals surface area contributed by atoms with Gasteiger partial charge in [0, 0.05) is 11.1 Å². The summed E-state index contributed by atoms with van der Waals surface area (Å²) < 4.78 is 5.21. The number of hydrogen-bond donors (Lipinski definition) is 2. The Bertz CT molecular complexity index is 539. The molecule has 0 aliphatic carbocycles. The zero-order valence-corrected chi connectivity index (χ0v) is 11.5. The van der Waals surface area contributed by atoms with Gasteiger partial charge in [-0.3, -0.25) is 5.84 Å². The molecule has 0 bridgehead atoms. The molecule has 4 nitrogen and oxygen atoms in total. The first-order valence-corrected chi connectivity index (χ1v) is 6.50. The fourth-order valence-corrected chi connectivity index (χ4v) is 2.80. The molecule has 5 heteroatoms. The largest absolute Gasteiger partial charge is 0.497 e. The highest BCUT2D eigenvalue weighted by Crippen LogP contribution is 2.29. The number of rotatable bonds is 4. The van der Waals surface area contributed by atoms with Gasteiger partial charge in [-0.2, -0.15) is 0 Å². The molecule has 1 heterocycles. The average Bonchev–Trinajstić information content (AvgIpc) is 2.78. The van der Waals surface area contributed by atoms with Crippen molar-refractivity contribution in [2.75, 3.05) is 7.11 Å². The third-order valence-electron chi connectivity index (χ3n) is 2.88. The quantitative estimate of drug-likeness (QED) is 0.656. The third kappa shape index (κ3) is 2.53. The summed E-state index contributed by atoms with van der Waals surface area (Å²) in [6.45, 7) is 4.04. The van der Waals surface area contributed by atoms with Crippen LogP contribution in [0.3, 0.4) is 0 Å². The maximum Gasteiger partial charge on any atom is 0.119 e. The van der Waals surface area contributed by atoms with Crippen molar-refractivity contribution < 1.29 is 4.74 Å². The van der Waals surface area contributed by atoms with E-state index in [2.05, 4.69) is 17.3 Å². The Kier molecular flexibility index (Phi) is 3.96. The first kappa shape index (κ1) is 13.0. The Hall–Kier alpha value is -1.43. The van der Waals surface area contributed by atoms with E-state index in [0.29, 0.717) is 0 Å². The SMILES string of the molecule is COc1ccc(C(NN)c2cnc(C)s2)c(C)c1. The molecule has 1 atom stereocenters. The predicted octanol–water partition coefficient (Wildman–Crippen LogP) is 2.32. The highest BCUT2D eigenvalue weighted by molar-refractivity contribution is 7.11. The van der Waals surface area contributed by atoms with Crippen molar-refractivity contribution in [1.29, 1.82) is 0 Å². The molecule has 0 saturated carbocycles. The molecule has 0 radical (unpaired) electrons. The highest BCUT2D eigenvalue weighted by atomic mass is 32.1. The Morgan fingerprint density at radius 2 is 2.17 bits per heavy atom. The first-order valence-electron chi connectivity index (χ1n) is 5.68. The van der Waals surface area contributed by atoms with E-state index in [1.165, 1.54) is 0 Å². The van der Waals surface area contributed by atoms with Crippen LogP contribution < -0.4 is 16.0 Å². The standard InChI is InChI=1S/C13H17N3OS/c1-8-6-10(17-3)4-5-11(8)13(16-14)12-7-15-9(2)18-12/h4-7,13,16H,14H2,1-3H3. The lowest BCUT2D eigenvalue weighted by Gasteiger charge is -2.17. The summed E-state index contributed by atoms with van der Waals surface area (Å²) in [6.07, 6.45) is 1.87. The van der Waals surface area contributed by atoms with Crippen LogP contribution >= 0.6 is 11.3 Å². The van der Waals surface area contributed by atoms with Crippen molar-refractivity contribution in [3.05, 3.63) is 45.4 Å². The lowest BCUT2D eigenvalue weighted by molar-refractivity contribution is 0.414. The molecule has 0 spiro atoms. The van der Waals surface area contributed by atoms with Crippen LogP contribution in [-0.2, 0) is 0 Å². The van der Waals surface area contributed by atoms with Gasteiger partial charge >= 0.3 is 0 Å². The summed E-state index contributed by atoms with van der Waals surface area (Å²) >= 11 is 1.65. The van der Waals surface area contributed by atoms with E-state index >= 15 is 0 Å². The third-order valence-corrected chi connectivity index (χ3v) is 3.86. The van der Waals surface area contributed by atoms with Crippen molar-refractivity contribution in [3.63, 3.8) is 0 Å². The van der Waals surface area contributed by atoms with Gasteiger partial charge in [0.1, 0.15) is 5.75 Å². The smallest absolute Gasteiger partial charge is 0.119 e. The van der Waals surface area contributed by atoms with Gasteiger partial charge in [0.15, 0.2) is 0 Å². The van der Waals surface area contributed by atoms with Crippen molar-refractivity contribution in [2.45, 2.75) is 19.9 Å². The van der Waals surface area contributed by atoms with Crippen molar-refractivity contribution in [2.24, 2.45) is 5.84 Å². The van der Waals surface area contributed by atoms with Crippen LogP contribution in [-0.4, -0.2) is 12.1 Å². The van der Waals surface area contributed by atoms with E-state index < -0.39 is 0 Å². The number of thiazole rings is 1. The maximum absolute atomic E-state index is 5.68. The van der Waals surface area contributed by atoms with Crippen LogP contribution in [0.1, 0.15) is 27.1 Å². The van der Waals surface area contributed by atoms with E-state index in [9.17, 15) is 0 Å². The lowest BCUT2D eigenvalue weighted by Crippen LogP contribution is -2.28. The number of nitrogens with two attached hydrogens (primary N) is 1. The Morgan fingerprint density at radius 1 is 1.39 bits per heavy atom. The van der Waals surface area contributed by atoms with Crippen LogP contribution in [0.5, 0.6) is 5.75 Å². The van der Waals surface area contributed by atoms with Gasteiger partial charge in [0.05, 0.1) is 18.2 Å². The van der Waals surface area contributed by atoms with Crippen LogP contribution in [0, 0.1) is 13.8 Å². The van der Waals surface area contributed by atoms with Gasteiger partial charge in [-0.15, -0.1) is 11.3 Å².